The van der Waals surface area contributed by atoms with Gasteiger partial charge in [-0.2, -0.15) is 0 Å². The van der Waals surface area contributed by atoms with Crippen molar-refractivity contribution in [1.82, 2.24) is 4.72 Å². The smallest absolute Gasteiger partial charge is 0.242 e. The van der Waals surface area contributed by atoms with Gasteiger partial charge in [-0.25, -0.2) is 13.1 Å². The van der Waals surface area contributed by atoms with Crippen LogP contribution in [0.25, 0.3) is 0 Å². The van der Waals surface area contributed by atoms with Gasteiger partial charge in [0.1, 0.15) is 11.5 Å². The highest BCUT2D eigenvalue weighted by Gasteiger charge is 2.24. The predicted molar refractivity (Wildman–Crippen MR) is 79.6 cm³/mol. The summed E-state index contributed by atoms with van der Waals surface area (Å²) in [6, 6.07) is 4.33. The van der Waals surface area contributed by atoms with Crippen LogP contribution in [0.3, 0.4) is 0 Å². The van der Waals surface area contributed by atoms with Gasteiger partial charge in [0, 0.05) is 24.8 Å². The molecule has 2 N–H and O–H groups in total. The second kappa shape index (κ2) is 7.25. The third-order valence-electron chi connectivity index (χ3n) is 3.08. The number of hydrogen-bond acceptors (Lipinski definition) is 4. The molecule has 114 valence electrons. The minimum absolute atomic E-state index is 0.0326. The minimum Gasteiger partial charge on any atom is -0.384 e. The first-order chi connectivity index (χ1) is 10.0. The number of sulfonamides is 1. The number of aliphatic hydroxyl groups excluding tert-OH is 1. The first-order valence-electron chi connectivity index (χ1n) is 6.52. The summed E-state index contributed by atoms with van der Waals surface area (Å²) in [7, 11) is -3.66. The molecule has 1 aliphatic rings. The molecule has 0 amide bonds. The van der Waals surface area contributed by atoms with Gasteiger partial charge in [0.05, 0.1) is 5.02 Å². The molecule has 0 unspecified atom stereocenters. The highest BCUT2D eigenvalue weighted by molar-refractivity contribution is 7.89. The van der Waals surface area contributed by atoms with Crippen LogP contribution in [0.5, 0.6) is 0 Å². The van der Waals surface area contributed by atoms with Crippen LogP contribution in [0.4, 0.5) is 0 Å². The van der Waals surface area contributed by atoms with E-state index in [0.29, 0.717) is 31.6 Å². The van der Waals surface area contributed by atoms with Crippen LogP contribution in [0.15, 0.2) is 23.1 Å². The molecule has 1 fully saturated rings. The molecule has 21 heavy (non-hydrogen) atoms. The Morgan fingerprint density at radius 1 is 1.38 bits per heavy atom. The van der Waals surface area contributed by atoms with Crippen LogP contribution in [0.1, 0.15) is 18.4 Å². The van der Waals surface area contributed by atoms with Gasteiger partial charge >= 0.3 is 0 Å². The zero-order valence-corrected chi connectivity index (χ0v) is 12.9. The Hall–Kier alpha value is -1.10. The number of rotatable bonds is 3. The fourth-order valence-corrected chi connectivity index (χ4v) is 3.89. The molecule has 0 radical (unpaired) electrons. The molecule has 1 aromatic rings. The summed E-state index contributed by atoms with van der Waals surface area (Å²) < 4.78 is 32.5. The number of aliphatic hydroxyl groups is 1. The maximum atomic E-state index is 12.3. The molecule has 1 saturated heterocycles. The lowest BCUT2D eigenvalue weighted by molar-refractivity contribution is 0.0832. The highest BCUT2D eigenvalue weighted by atomic mass is 35.5. The maximum absolute atomic E-state index is 12.3. The zero-order valence-electron chi connectivity index (χ0n) is 11.3. The molecule has 5 nitrogen and oxygen atoms in total. The lowest BCUT2D eigenvalue weighted by atomic mass is 10.1. The molecule has 1 heterocycles. The number of nitrogens with one attached hydrogen (secondary N) is 1. The quantitative estimate of drug-likeness (QED) is 0.815. The zero-order chi connectivity index (χ0) is 15.3. The van der Waals surface area contributed by atoms with Crippen molar-refractivity contribution in [3.63, 3.8) is 0 Å². The monoisotopic (exact) mass is 329 g/mol. The summed E-state index contributed by atoms with van der Waals surface area (Å²) in [5, 5.41) is 8.75. The van der Waals surface area contributed by atoms with Crippen molar-refractivity contribution in [3.8, 4) is 11.8 Å². The van der Waals surface area contributed by atoms with Gasteiger partial charge in [-0.1, -0.05) is 23.4 Å². The summed E-state index contributed by atoms with van der Waals surface area (Å²) in [6.45, 7) is 0.843. The second-order valence-corrected chi connectivity index (χ2v) is 6.70. The van der Waals surface area contributed by atoms with Crippen molar-refractivity contribution >= 4 is 21.6 Å². The van der Waals surface area contributed by atoms with Crippen molar-refractivity contribution < 1.29 is 18.3 Å². The molecule has 0 atom stereocenters. The first-order valence-corrected chi connectivity index (χ1v) is 8.38. The largest absolute Gasteiger partial charge is 0.384 e. The van der Waals surface area contributed by atoms with E-state index in [9.17, 15) is 8.42 Å². The normalized spacial score (nSPS) is 16.3. The van der Waals surface area contributed by atoms with E-state index in [1.165, 1.54) is 12.1 Å². The summed E-state index contributed by atoms with van der Waals surface area (Å²) >= 11 is 6.04. The van der Waals surface area contributed by atoms with Crippen LogP contribution in [0, 0.1) is 11.8 Å². The Labute approximate surface area is 129 Å². The van der Waals surface area contributed by atoms with Gasteiger partial charge in [0.25, 0.3) is 0 Å². The lowest BCUT2D eigenvalue weighted by Gasteiger charge is -2.23. The Morgan fingerprint density at radius 2 is 2.10 bits per heavy atom. The lowest BCUT2D eigenvalue weighted by Crippen LogP contribution is -2.38. The highest BCUT2D eigenvalue weighted by Crippen LogP contribution is 2.23. The van der Waals surface area contributed by atoms with E-state index in [1.807, 2.05) is 0 Å². The van der Waals surface area contributed by atoms with E-state index in [1.54, 1.807) is 6.07 Å². The SMILES string of the molecule is O=S(=O)(NC1CCOCC1)c1ccc(C#CCO)cc1Cl. The summed E-state index contributed by atoms with van der Waals surface area (Å²) in [4.78, 5) is 0.0326. The van der Waals surface area contributed by atoms with Crippen molar-refractivity contribution in [2.75, 3.05) is 19.8 Å². The van der Waals surface area contributed by atoms with Crippen LogP contribution in [-0.2, 0) is 14.8 Å². The molecule has 7 heteroatoms. The predicted octanol–water partition coefficient (Wildman–Crippen LogP) is 1.14. The molecule has 0 aliphatic carbocycles. The number of ether oxygens (including phenoxy) is 1. The van der Waals surface area contributed by atoms with Crippen molar-refractivity contribution in [2.24, 2.45) is 0 Å². The van der Waals surface area contributed by atoms with E-state index in [0.717, 1.165) is 0 Å². The third-order valence-corrected chi connectivity index (χ3v) is 5.08. The van der Waals surface area contributed by atoms with E-state index in [-0.39, 0.29) is 22.6 Å². The van der Waals surface area contributed by atoms with E-state index < -0.39 is 10.0 Å². The Bertz CT molecular complexity index is 657. The summed E-state index contributed by atoms with van der Waals surface area (Å²) in [6.07, 6.45) is 1.30. The Balaban J connectivity index is 2.19. The summed E-state index contributed by atoms with van der Waals surface area (Å²) in [5.41, 5.74) is 0.555. The number of hydrogen-bond donors (Lipinski definition) is 2. The van der Waals surface area contributed by atoms with Crippen LogP contribution in [-0.4, -0.2) is 39.4 Å². The van der Waals surface area contributed by atoms with Gasteiger partial charge in [0.2, 0.25) is 10.0 Å². The molecule has 0 spiro atoms. The first kappa shape index (κ1) is 16.3. The van der Waals surface area contributed by atoms with Crippen molar-refractivity contribution in [3.05, 3.63) is 28.8 Å². The third kappa shape index (κ3) is 4.43. The Kier molecular flexibility index (Phi) is 5.62. The molecule has 2 rings (SSSR count). The topological polar surface area (TPSA) is 75.6 Å². The standard InChI is InChI=1S/C14H16ClNO4S/c15-13-10-11(2-1-7-17)3-4-14(13)21(18,19)16-12-5-8-20-9-6-12/h3-4,10,12,16-17H,5-9H2. The molecular formula is C14H16ClNO4S. The van der Waals surface area contributed by atoms with Gasteiger partial charge in [0.15, 0.2) is 0 Å². The van der Waals surface area contributed by atoms with Gasteiger partial charge in [-0.15, -0.1) is 0 Å². The number of halogens is 1. The minimum atomic E-state index is -3.66. The average Bonchev–Trinajstić information content (AvgIpc) is 2.45. The van der Waals surface area contributed by atoms with Crippen LogP contribution >= 0.6 is 11.6 Å². The van der Waals surface area contributed by atoms with E-state index in [4.69, 9.17) is 21.4 Å². The molecular weight excluding hydrogens is 314 g/mol. The second-order valence-electron chi connectivity index (χ2n) is 4.61. The molecule has 0 saturated carbocycles. The molecule has 0 bridgehead atoms. The Morgan fingerprint density at radius 3 is 2.71 bits per heavy atom. The van der Waals surface area contributed by atoms with E-state index >= 15 is 0 Å². The van der Waals surface area contributed by atoms with E-state index in [2.05, 4.69) is 16.6 Å². The van der Waals surface area contributed by atoms with Crippen LogP contribution in [0.2, 0.25) is 5.02 Å². The van der Waals surface area contributed by atoms with Crippen molar-refractivity contribution in [1.29, 1.82) is 0 Å². The number of benzene rings is 1. The van der Waals surface area contributed by atoms with Gasteiger partial charge in [-0.05, 0) is 31.0 Å². The van der Waals surface area contributed by atoms with Gasteiger partial charge in [-0.3, -0.25) is 0 Å². The van der Waals surface area contributed by atoms with Gasteiger partial charge < -0.3 is 9.84 Å². The average molecular weight is 330 g/mol. The molecule has 1 aliphatic heterocycles. The summed E-state index contributed by atoms with van der Waals surface area (Å²) in [5.74, 6) is 5.16. The fourth-order valence-electron chi connectivity index (χ4n) is 2.04. The molecule has 1 aromatic carbocycles. The maximum Gasteiger partial charge on any atom is 0.242 e. The fraction of sp³-hybridized carbons (Fsp3) is 0.429. The molecule has 0 aromatic heterocycles. The van der Waals surface area contributed by atoms with Crippen molar-refractivity contribution in [2.45, 2.75) is 23.8 Å². The van der Waals surface area contributed by atoms with Crippen LogP contribution < -0.4 is 4.72 Å².